The molecule has 0 amide bonds. The Labute approximate surface area is 76.3 Å². The van der Waals surface area contributed by atoms with E-state index in [0.29, 0.717) is 5.71 Å². The van der Waals surface area contributed by atoms with Gasteiger partial charge in [0, 0.05) is 0 Å². The summed E-state index contributed by atoms with van der Waals surface area (Å²) in [4.78, 5) is 4.56. The van der Waals surface area contributed by atoms with E-state index in [9.17, 15) is 8.42 Å². The van der Waals surface area contributed by atoms with E-state index in [-0.39, 0.29) is 16.8 Å². The summed E-state index contributed by atoms with van der Waals surface area (Å²) in [5.41, 5.74) is 0.630. The van der Waals surface area contributed by atoms with Crippen LogP contribution in [-0.2, 0) is 14.7 Å². The van der Waals surface area contributed by atoms with Crippen LogP contribution in [0.4, 0.5) is 0 Å². The minimum Gasteiger partial charge on any atom is -0.399 e. The van der Waals surface area contributed by atoms with Gasteiger partial charge in [-0.3, -0.25) is 0 Å². The van der Waals surface area contributed by atoms with Crippen LogP contribution >= 0.6 is 11.8 Å². The molecule has 1 rings (SSSR count). The van der Waals surface area contributed by atoms with Crippen LogP contribution in [-0.4, -0.2) is 44.3 Å². The summed E-state index contributed by atoms with van der Waals surface area (Å²) in [6.45, 7) is 0. The third-order valence-corrected chi connectivity index (χ3v) is 4.43. The van der Waals surface area contributed by atoms with Crippen LogP contribution in [0.2, 0.25) is 0 Å². The Balaban J connectivity index is 2.84. The molecule has 1 unspecified atom stereocenters. The third-order valence-electron chi connectivity index (χ3n) is 1.64. The Kier molecular flexibility index (Phi) is 3.00. The van der Waals surface area contributed by atoms with Gasteiger partial charge in [-0.05, 0) is 6.26 Å². The second kappa shape index (κ2) is 3.66. The normalized spacial score (nSPS) is 30.8. The zero-order chi connectivity index (χ0) is 9.19. The van der Waals surface area contributed by atoms with Gasteiger partial charge < -0.3 is 4.84 Å². The van der Waals surface area contributed by atoms with Crippen LogP contribution in [0, 0.1) is 0 Å². The van der Waals surface area contributed by atoms with E-state index in [1.165, 1.54) is 18.9 Å². The summed E-state index contributed by atoms with van der Waals surface area (Å²) < 4.78 is 22.3. The molecule has 70 valence electrons. The fraction of sp³-hybridized carbons (Fsp3) is 0.833. The lowest BCUT2D eigenvalue weighted by Crippen LogP contribution is -2.13. The van der Waals surface area contributed by atoms with Crippen LogP contribution in [0.1, 0.15) is 0 Å². The number of nitrogens with zero attached hydrogens (tertiary/aromatic N) is 1. The van der Waals surface area contributed by atoms with Gasteiger partial charge in [0.15, 0.2) is 9.84 Å². The van der Waals surface area contributed by atoms with E-state index in [1.807, 2.05) is 6.26 Å². The van der Waals surface area contributed by atoms with Crippen molar-refractivity contribution < 1.29 is 13.3 Å². The summed E-state index contributed by atoms with van der Waals surface area (Å²) in [6.07, 6.45) is 1.87. The smallest absolute Gasteiger partial charge is 0.157 e. The van der Waals surface area contributed by atoms with Crippen molar-refractivity contribution in [2.24, 2.45) is 5.16 Å². The predicted octanol–water partition coefficient (Wildman–Crippen LogP) is 0.149. The highest BCUT2D eigenvalue weighted by atomic mass is 32.2. The van der Waals surface area contributed by atoms with E-state index < -0.39 is 9.84 Å². The minimum atomic E-state index is -2.91. The highest BCUT2D eigenvalue weighted by molar-refractivity contribution is 8.02. The molecule has 0 saturated carbocycles. The molecule has 12 heavy (non-hydrogen) atoms. The molecule has 1 heterocycles. The molecular formula is C6H11NO3S2. The highest BCUT2D eigenvalue weighted by Crippen LogP contribution is 2.20. The first kappa shape index (κ1) is 9.85. The lowest BCUT2D eigenvalue weighted by molar-refractivity contribution is 0.213. The largest absolute Gasteiger partial charge is 0.399 e. The molecule has 1 atom stereocenters. The van der Waals surface area contributed by atoms with Crippen molar-refractivity contribution in [3.05, 3.63) is 0 Å². The molecule has 0 aromatic rings. The summed E-state index contributed by atoms with van der Waals surface area (Å²) in [7, 11) is -1.48. The molecule has 1 fully saturated rings. The van der Waals surface area contributed by atoms with E-state index in [0.717, 1.165) is 0 Å². The lowest BCUT2D eigenvalue weighted by Gasteiger charge is -2.02. The molecule has 1 saturated heterocycles. The maximum atomic E-state index is 11.1. The molecule has 0 aromatic heterocycles. The third kappa shape index (κ3) is 2.13. The molecule has 0 aromatic carbocycles. The van der Waals surface area contributed by atoms with Gasteiger partial charge in [0.05, 0.1) is 22.5 Å². The number of thioether (sulfide) groups is 1. The number of hydrogen-bond donors (Lipinski definition) is 0. The molecule has 0 radical (unpaired) electrons. The van der Waals surface area contributed by atoms with Crippen LogP contribution < -0.4 is 0 Å². The molecule has 0 spiro atoms. The van der Waals surface area contributed by atoms with Crippen molar-refractivity contribution in [3.8, 4) is 0 Å². The zero-order valence-electron chi connectivity index (χ0n) is 6.98. The molecule has 1 aliphatic heterocycles. The molecule has 1 aliphatic rings. The highest BCUT2D eigenvalue weighted by Gasteiger charge is 2.34. The first-order valence-corrected chi connectivity index (χ1v) is 6.53. The SMILES string of the molecule is CON=C1CS(=O)(=O)CC1SC. The Morgan fingerprint density at radius 2 is 2.33 bits per heavy atom. The first-order valence-electron chi connectivity index (χ1n) is 3.42. The van der Waals surface area contributed by atoms with Gasteiger partial charge in [-0.25, -0.2) is 8.42 Å². The summed E-state index contributed by atoms with van der Waals surface area (Å²) in [5, 5.41) is 3.67. The first-order chi connectivity index (χ1) is 5.59. The quantitative estimate of drug-likeness (QED) is 0.607. The Morgan fingerprint density at radius 1 is 1.67 bits per heavy atom. The second-order valence-electron chi connectivity index (χ2n) is 2.54. The van der Waals surface area contributed by atoms with Gasteiger partial charge in [-0.15, -0.1) is 0 Å². The van der Waals surface area contributed by atoms with Crippen molar-refractivity contribution in [1.82, 2.24) is 0 Å². The van der Waals surface area contributed by atoms with Gasteiger partial charge in [-0.2, -0.15) is 11.8 Å². The Bertz CT molecular complexity index is 283. The fourth-order valence-corrected chi connectivity index (χ4v) is 4.26. The average molecular weight is 209 g/mol. The molecule has 0 bridgehead atoms. The molecule has 6 heteroatoms. The minimum absolute atomic E-state index is 0.0186. The van der Waals surface area contributed by atoms with Crippen LogP contribution in [0.3, 0.4) is 0 Å². The Morgan fingerprint density at radius 3 is 2.83 bits per heavy atom. The van der Waals surface area contributed by atoms with E-state index in [2.05, 4.69) is 9.99 Å². The lowest BCUT2D eigenvalue weighted by atomic mass is 10.3. The van der Waals surface area contributed by atoms with Crippen molar-refractivity contribution in [2.75, 3.05) is 24.9 Å². The number of hydrogen-bond acceptors (Lipinski definition) is 5. The van der Waals surface area contributed by atoms with Gasteiger partial charge in [0.25, 0.3) is 0 Å². The average Bonchev–Trinajstić information content (AvgIpc) is 2.26. The van der Waals surface area contributed by atoms with E-state index >= 15 is 0 Å². The zero-order valence-corrected chi connectivity index (χ0v) is 8.61. The molecular weight excluding hydrogens is 198 g/mol. The monoisotopic (exact) mass is 209 g/mol. The summed E-state index contributed by atoms with van der Waals surface area (Å²) in [6, 6.07) is 0. The van der Waals surface area contributed by atoms with Gasteiger partial charge in [0.2, 0.25) is 0 Å². The van der Waals surface area contributed by atoms with E-state index in [1.54, 1.807) is 0 Å². The number of rotatable bonds is 2. The van der Waals surface area contributed by atoms with Crippen molar-refractivity contribution in [1.29, 1.82) is 0 Å². The predicted molar refractivity (Wildman–Crippen MR) is 50.4 cm³/mol. The van der Waals surface area contributed by atoms with Crippen molar-refractivity contribution in [2.45, 2.75) is 5.25 Å². The van der Waals surface area contributed by atoms with Crippen LogP contribution in [0.15, 0.2) is 5.16 Å². The van der Waals surface area contributed by atoms with Crippen LogP contribution in [0.25, 0.3) is 0 Å². The van der Waals surface area contributed by atoms with Crippen molar-refractivity contribution in [3.63, 3.8) is 0 Å². The second-order valence-corrected chi connectivity index (χ2v) is 5.69. The van der Waals surface area contributed by atoms with Crippen LogP contribution in [0.5, 0.6) is 0 Å². The number of sulfone groups is 1. The van der Waals surface area contributed by atoms with Crippen molar-refractivity contribution >= 4 is 27.3 Å². The molecule has 4 nitrogen and oxygen atoms in total. The van der Waals surface area contributed by atoms with Gasteiger partial charge >= 0.3 is 0 Å². The maximum absolute atomic E-state index is 11.1. The summed E-state index contributed by atoms with van der Waals surface area (Å²) in [5.74, 6) is 0.239. The molecule has 0 N–H and O–H groups in total. The van der Waals surface area contributed by atoms with Gasteiger partial charge in [-0.1, -0.05) is 5.16 Å². The maximum Gasteiger partial charge on any atom is 0.157 e. The number of oxime groups is 1. The van der Waals surface area contributed by atoms with Gasteiger partial charge in [0.1, 0.15) is 7.11 Å². The van der Waals surface area contributed by atoms with E-state index in [4.69, 9.17) is 0 Å². The summed E-state index contributed by atoms with van der Waals surface area (Å²) >= 11 is 1.49. The topological polar surface area (TPSA) is 55.7 Å². The Hall–Kier alpha value is -0.230. The standard InChI is InChI=1S/C6H11NO3S2/c1-10-7-5-3-12(8,9)4-6(5)11-2/h6H,3-4H2,1-2H3. The fourth-order valence-electron chi connectivity index (χ4n) is 1.11. The molecule has 0 aliphatic carbocycles.